The molecule has 0 heterocycles. The molecule has 0 aliphatic rings. The molecule has 32 heavy (non-hydrogen) atoms. The van der Waals surface area contributed by atoms with Gasteiger partial charge in [-0.15, -0.1) is 0 Å². The standard InChI is InChI=1S/C28H29NO3/c1-4-23-9-5-6-11-26(23)29(19-22-8-7-10-25(18-22)28(31)32)27(30)17-14-21-12-15-24(16-13-21)20(2)3/h5-18,20H,4,19H2,1-3H3,(H,31,32)/b17-14+. The molecule has 3 rings (SSSR count). The first kappa shape index (κ1) is 23.0. The fourth-order valence-corrected chi connectivity index (χ4v) is 3.59. The summed E-state index contributed by atoms with van der Waals surface area (Å²) in [6, 6.07) is 22.7. The highest BCUT2D eigenvalue weighted by Gasteiger charge is 2.17. The predicted molar refractivity (Wildman–Crippen MR) is 130 cm³/mol. The third kappa shape index (κ3) is 5.73. The number of carboxylic acid groups (broad SMARTS) is 1. The fourth-order valence-electron chi connectivity index (χ4n) is 3.59. The van der Waals surface area contributed by atoms with E-state index < -0.39 is 5.97 Å². The molecule has 3 aromatic carbocycles. The highest BCUT2D eigenvalue weighted by molar-refractivity contribution is 6.04. The normalized spacial score (nSPS) is 11.1. The summed E-state index contributed by atoms with van der Waals surface area (Å²) >= 11 is 0. The van der Waals surface area contributed by atoms with Gasteiger partial charge in [0.1, 0.15) is 0 Å². The zero-order chi connectivity index (χ0) is 23.1. The molecular formula is C28H29NO3. The third-order valence-corrected chi connectivity index (χ3v) is 5.47. The molecule has 0 bridgehead atoms. The highest BCUT2D eigenvalue weighted by atomic mass is 16.4. The minimum Gasteiger partial charge on any atom is -0.478 e. The molecule has 0 aliphatic carbocycles. The zero-order valence-electron chi connectivity index (χ0n) is 18.8. The van der Waals surface area contributed by atoms with Crippen molar-refractivity contribution in [2.75, 3.05) is 4.90 Å². The van der Waals surface area contributed by atoms with Crippen LogP contribution >= 0.6 is 0 Å². The average molecular weight is 428 g/mol. The molecule has 1 amide bonds. The summed E-state index contributed by atoms with van der Waals surface area (Å²) in [6.45, 7) is 6.64. The number of carbonyl (C=O) groups is 2. The minimum absolute atomic E-state index is 0.153. The maximum absolute atomic E-state index is 13.3. The first-order valence-electron chi connectivity index (χ1n) is 10.9. The summed E-state index contributed by atoms with van der Waals surface area (Å²) in [5.41, 5.74) is 5.08. The van der Waals surface area contributed by atoms with Crippen LogP contribution in [0.3, 0.4) is 0 Å². The van der Waals surface area contributed by atoms with E-state index in [1.807, 2.05) is 48.5 Å². The number of carbonyl (C=O) groups excluding carboxylic acids is 1. The fraction of sp³-hybridized carbons (Fsp3) is 0.214. The number of aromatic carboxylic acids is 1. The number of hydrogen-bond donors (Lipinski definition) is 1. The summed E-state index contributed by atoms with van der Waals surface area (Å²) in [6.07, 6.45) is 4.19. The molecular weight excluding hydrogens is 398 g/mol. The van der Waals surface area contributed by atoms with Crippen LogP contribution in [0.15, 0.2) is 78.9 Å². The van der Waals surface area contributed by atoms with E-state index in [-0.39, 0.29) is 18.0 Å². The van der Waals surface area contributed by atoms with Crippen LogP contribution in [0.2, 0.25) is 0 Å². The maximum Gasteiger partial charge on any atom is 0.335 e. The van der Waals surface area contributed by atoms with Gasteiger partial charge in [0.05, 0.1) is 12.1 Å². The second kappa shape index (κ2) is 10.6. The van der Waals surface area contributed by atoms with Gasteiger partial charge in [-0.25, -0.2) is 4.79 Å². The van der Waals surface area contributed by atoms with Crippen molar-refractivity contribution < 1.29 is 14.7 Å². The van der Waals surface area contributed by atoms with Crippen LogP contribution in [-0.4, -0.2) is 17.0 Å². The second-order valence-electron chi connectivity index (χ2n) is 8.07. The number of anilines is 1. The Morgan fingerprint density at radius 3 is 2.34 bits per heavy atom. The van der Waals surface area contributed by atoms with Crippen LogP contribution in [-0.2, 0) is 17.8 Å². The highest BCUT2D eigenvalue weighted by Crippen LogP contribution is 2.24. The summed E-state index contributed by atoms with van der Waals surface area (Å²) in [5.74, 6) is -0.680. The van der Waals surface area contributed by atoms with Crippen LogP contribution in [0.5, 0.6) is 0 Å². The largest absolute Gasteiger partial charge is 0.478 e. The van der Waals surface area contributed by atoms with Crippen molar-refractivity contribution in [3.8, 4) is 0 Å². The Balaban J connectivity index is 1.92. The van der Waals surface area contributed by atoms with E-state index in [1.165, 1.54) is 5.56 Å². The van der Waals surface area contributed by atoms with Crippen LogP contribution in [0.1, 0.15) is 59.3 Å². The molecule has 0 aromatic heterocycles. The van der Waals surface area contributed by atoms with Crippen molar-refractivity contribution in [2.45, 2.75) is 39.7 Å². The molecule has 0 radical (unpaired) electrons. The SMILES string of the molecule is CCc1ccccc1N(Cc1cccc(C(=O)O)c1)C(=O)/C=C/c1ccc(C(C)C)cc1. The lowest BCUT2D eigenvalue weighted by molar-refractivity contribution is -0.114. The van der Waals surface area contributed by atoms with E-state index in [0.29, 0.717) is 5.92 Å². The number of benzene rings is 3. The second-order valence-corrected chi connectivity index (χ2v) is 8.07. The van der Waals surface area contributed by atoms with E-state index in [9.17, 15) is 14.7 Å². The molecule has 1 N–H and O–H groups in total. The Kier molecular flexibility index (Phi) is 7.61. The number of aryl methyl sites for hydroxylation is 1. The molecule has 0 unspecified atom stereocenters. The van der Waals surface area contributed by atoms with Crippen LogP contribution < -0.4 is 4.90 Å². The van der Waals surface area contributed by atoms with Gasteiger partial charge in [-0.2, -0.15) is 0 Å². The van der Waals surface area contributed by atoms with E-state index in [0.717, 1.165) is 28.8 Å². The Morgan fingerprint density at radius 1 is 0.969 bits per heavy atom. The Morgan fingerprint density at radius 2 is 1.69 bits per heavy atom. The quantitative estimate of drug-likeness (QED) is 0.428. The Bertz CT molecular complexity index is 1110. The number of nitrogens with zero attached hydrogens (tertiary/aromatic N) is 1. The van der Waals surface area contributed by atoms with Crippen molar-refractivity contribution >= 4 is 23.6 Å². The van der Waals surface area contributed by atoms with Gasteiger partial charge in [0.15, 0.2) is 0 Å². The van der Waals surface area contributed by atoms with Crippen molar-refractivity contribution in [1.82, 2.24) is 0 Å². The van der Waals surface area contributed by atoms with Crippen LogP contribution in [0.25, 0.3) is 6.08 Å². The van der Waals surface area contributed by atoms with Crippen molar-refractivity contribution in [2.24, 2.45) is 0 Å². The van der Waals surface area contributed by atoms with E-state index in [4.69, 9.17) is 0 Å². The smallest absolute Gasteiger partial charge is 0.335 e. The van der Waals surface area contributed by atoms with Gasteiger partial charge in [0, 0.05) is 11.8 Å². The summed E-state index contributed by atoms with van der Waals surface area (Å²) in [5, 5.41) is 9.32. The average Bonchev–Trinajstić information content (AvgIpc) is 2.81. The monoisotopic (exact) mass is 427 g/mol. The number of carboxylic acids is 1. The molecule has 0 fully saturated rings. The summed E-state index contributed by atoms with van der Waals surface area (Å²) in [7, 11) is 0. The molecule has 4 nitrogen and oxygen atoms in total. The first-order chi connectivity index (χ1) is 15.4. The number of amides is 1. The lowest BCUT2D eigenvalue weighted by atomic mass is 10.0. The van der Waals surface area contributed by atoms with Gasteiger partial charge < -0.3 is 10.0 Å². The van der Waals surface area contributed by atoms with Crippen LogP contribution in [0.4, 0.5) is 5.69 Å². The van der Waals surface area contributed by atoms with Crippen molar-refractivity contribution in [3.05, 3.63) is 107 Å². The van der Waals surface area contributed by atoms with Gasteiger partial charge in [-0.05, 0) is 58.9 Å². The van der Waals surface area contributed by atoms with Crippen molar-refractivity contribution in [1.29, 1.82) is 0 Å². The van der Waals surface area contributed by atoms with Gasteiger partial charge in [-0.1, -0.05) is 75.4 Å². The molecule has 0 atom stereocenters. The molecule has 0 spiro atoms. The number of rotatable bonds is 8. The number of hydrogen-bond acceptors (Lipinski definition) is 2. The zero-order valence-corrected chi connectivity index (χ0v) is 18.8. The van der Waals surface area contributed by atoms with Gasteiger partial charge in [0.25, 0.3) is 5.91 Å². The molecule has 164 valence electrons. The Labute approximate surface area is 189 Å². The molecule has 0 saturated heterocycles. The molecule has 3 aromatic rings. The van der Waals surface area contributed by atoms with E-state index >= 15 is 0 Å². The lowest BCUT2D eigenvalue weighted by Gasteiger charge is -2.24. The predicted octanol–water partition coefficient (Wildman–Crippen LogP) is 6.32. The van der Waals surface area contributed by atoms with Crippen LogP contribution in [0, 0.1) is 0 Å². The van der Waals surface area contributed by atoms with Gasteiger partial charge in [0.2, 0.25) is 0 Å². The van der Waals surface area contributed by atoms with Gasteiger partial charge >= 0.3 is 5.97 Å². The topological polar surface area (TPSA) is 57.6 Å². The summed E-state index contributed by atoms with van der Waals surface area (Å²) < 4.78 is 0. The van der Waals surface area contributed by atoms with Crippen molar-refractivity contribution in [3.63, 3.8) is 0 Å². The minimum atomic E-state index is -0.983. The van der Waals surface area contributed by atoms with Gasteiger partial charge in [-0.3, -0.25) is 4.79 Å². The Hall–Kier alpha value is -3.66. The summed E-state index contributed by atoms with van der Waals surface area (Å²) in [4.78, 5) is 26.4. The molecule has 0 saturated carbocycles. The third-order valence-electron chi connectivity index (χ3n) is 5.47. The lowest BCUT2D eigenvalue weighted by Crippen LogP contribution is -2.29. The van der Waals surface area contributed by atoms with E-state index in [1.54, 1.807) is 29.2 Å². The maximum atomic E-state index is 13.3. The molecule has 0 aliphatic heterocycles. The first-order valence-corrected chi connectivity index (χ1v) is 10.9. The van der Waals surface area contributed by atoms with E-state index in [2.05, 4.69) is 32.9 Å². The molecule has 4 heteroatoms. The number of para-hydroxylation sites is 1.